The molecule has 2 aliphatic rings. The third-order valence-electron chi connectivity index (χ3n) is 5.34. The number of nitrogens with zero attached hydrogens (tertiary/aromatic N) is 1. The summed E-state index contributed by atoms with van der Waals surface area (Å²) in [6.45, 7) is 0. The number of piperidine rings is 1. The van der Waals surface area contributed by atoms with Gasteiger partial charge in [0.15, 0.2) is 0 Å². The van der Waals surface area contributed by atoms with Crippen molar-refractivity contribution in [2.45, 2.75) is 43.7 Å². The number of aromatic amines is 1. The highest BCUT2D eigenvalue weighted by Crippen LogP contribution is 2.43. The first-order valence-electron chi connectivity index (χ1n) is 8.38. The molecule has 1 aromatic carbocycles. The molecule has 1 N–H and O–H groups in total. The van der Waals surface area contributed by atoms with Crippen LogP contribution in [0.4, 0.5) is 4.39 Å². The predicted molar refractivity (Wildman–Crippen MR) is 88.4 cm³/mol. The van der Waals surface area contributed by atoms with Gasteiger partial charge in [-0.15, -0.1) is 0 Å². The van der Waals surface area contributed by atoms with Gasteiger partial charge in [-0.2, -0.15) is 0 Å². The molecule has 1 aromatic heterocycles. The van der Waals surface area contributed by atoms with Crippen LogP contribution in [0.3, 0.4) is 0 Å². The summed E-state index contributed by atoms with van der Waals surface area (Å²) in [5.74, 6) is 0.159. The third kappa shape index (κ3) is 2.64. The molecular weight excluding hydrogens is 307 g/mol. The molecule has 2 aliphatic heterocycles. The molecule has 2 bridgehead atoms. The molecule has 4 rings (SSSR count). The smallest absolute Gasteiger partial charge is 0.255 e. The number of carbonyl (C=O) groups is 1. The van der Waals surface area contributed by atoms with Crippen LogP contribution in [-0.2, 0) is 0 Å². The Kier molecular flexibility index (Phi) is 3.71. The van der Waals surface area contributed by atoms with Gasteiger partial charge in [0.2, 0.25) is 5.56 Å². The summed E-state index contributed by atoms with van der Waals surface area (Å²) in [5, 5.41) is 0. The van der Waals surface area contributed by atoms with E-state index in [1.165, 1.54) is 24.4 Å². The topological polar surface area (TPSA) is 53.2 Å². The molecule has 0 spiro atoms. The minimum absolute atomic E-state index is 0.00342. The van der Waals surface area contributed by atoms with Crippen LogP contribution in [0.15, 0.2) is 47.4 Å². The second-order valence-corrected chi connectivity index (χ2v) is 6.76. The van der Waals surface area contributed by atoms with Crippen LogP contribution in [0.2, 0.25) is 0 Å². The predicted octanol–water partition coefficient (Wildman–Crippen LogP) is 3.06. The Labute approximate surface area is 139 Å². The summed E-state index contributed by atoms with van der Waals surface area (Å²) < 4.78 is 13.1. The van der Waals surface area contributed by atoms with Crippen LogP contribution in [0.25, 0.3) is 0 Å². The molecule has 1 unspecified atom stereocenters. The van der Waals surface area contributed by atoms with E-state index in [0.29, 0.717) is 11.5 Å². The van der Waals surface area contributed by atoms with E-state index in [9.17, 15) is 14.0 Å². The maximum atomic E-state index is 13.1. The molecule has 0 aliphatic carbocycles. The number of aromatic nitrogens is 1. The van der Waals surface area contributed by atoms with Crippen LogP contribution in [0.5, 0.6) is 0 Å². The van der Waals surface area contributed by atoms with Gasteiger partial charge in [-0.25, -0.2) is 4.39 Å². The molecule has 2 saturated heterocycles. The van der Waals surface area contributed by atoms with Crippen molar-refractivity contribution in [2.24, 2.45) is 0 Å². The maximum Gasteiger partial charge on any atom is 0.255 e. The fourth-order valence-electron chi connectivity index (χ4n) is 4.21. The van der Waals surface area contributed by atoms with E-state index in [1.54, 1.807) is 6.07 Å². The number of carbonyl (C=O) groups excluding carboxylic acids is 1. The fourth-order valence-corrected chi connectivity index (χ4v) is 4.21. The van der Waals surface area contributed by atoms with E-state index in [-0.39, 0.29) is 29.4 Å². The summed E-state index contributed by atoms with van der Waals surface area (Å²) in [6, 6.07) is 10.2. The van der Waals surface area contributed by atoms with Gasteiger partial charge in [0.25, 0.3) is 5.91 Å². The normalized spacial score (nSPS) is 25.7. The first kappa shape index (κ1) is 15.1. The van der Waals surface area contributed by atoms with Gasteiger partial charge >= 0.3 is 0 Å². The first-order valence-corrected chi connectivity index (χ1v) is 8.38. The Morgan fingerprint density at radius 2 is 1.71 bits per heavy atom. The van der Waals surface area contributed by atoms with Gasteiger partial charge in [0, 0.05) is 24.3 Å². The van der Waals surface area contributed by atoms with Crippen LogP contribution < -0.4 is 5.56 Å². The van der Waals surface area contributed by atoms with Crippen molar-refractivity contribution in [1.82, 2.24) is 9.88 Å². The monoisotopic (exact) mass is 326 g/mol. The van der Waals surface area contributed by atoms with Crippen molar-refractivity contribution in [3.8, 4) is 0 Å². The molecule has 4 nitrogen and oxygen atoms in total. The lowest BCUT2D eigenvalue weighted by molar-refractivity contribution is 0.0571. The average molecular weight is 326 g/mol. The summed E-state index contributed by atoms with van der Waals surface area (Å²) in [4.78, 5) is 28.6. The average Bonchev–Trinajstić information content (AvgIpc) is 2.85. The second kappa shape index (κ2) is 5.89. The zero-order valence-electron chi connectivity index (χ0n) is 13.2. The number of amides is 1. The van der Waals surface area contributed by atoms with Gasteiger partial charge in [-0.3, -0.25) is 9.59 Å². The van der Waals surface area contributed by atoms with Gasteiger partial charge in [-0.1, -0.05) is 12.1 Å². The molecule has 3 heterocycles. The third-order valence-corrected chi connectivity index (χ3v) is 5.34. The van der Waals surface area contributed by atoms with Gasteiger partial charge < -0.3 is 9.88 Å². The molecule has 3 atom stereocenters. The summed E-state index contributed by atoms with van der Waals surface area (Å²) in [5.41, 5.74) is 1.49. The summed E-state index contributed by atoms with van der Waals surface area (Å²) in [7, 11) is 0. The van der Waals surface area contributed by atoms with E-state index in [4.69, 9.17) is 0 Å². The van der Waals surface area contributed by atoms with Crippen molar-refractivity contribution >= 4 is 5.91 Å². The van der Waals surface area contributed by atoms with Crippen LogP contribution in [0.1, 0.15) is 47.5 Å². The molecular formula is C19H19FN2O2. The van der Waals surface area contributed by atoms with E-state index < -0.39 is 0 Å². The number of fused-ring (bicyclic) bond motifs is 2. The number of benzene rings is 1. The molecule has 5 heteroatoms. The largest absolute Gasteiger partial charge is 0.333 e. The highest BCUT2D eigenvalue weighted by Gasteiger charge is 2.43. The lowest BCUT2D eigenvalue weighted by atomic mass is 9.85. The summed E-state index contributed by atoms with van der Waals surface area (Å²) in [6.07, 6.45) is 5.35. The Morgan fingerprint density at radius 3 is 2.29 bits per heavy atom. The zero-order chi connectivity index (χ0) is 16.7. The van der Waals surface area contributed by atoms with Crippen molar-refractivity contribution in [2.75, 3.05) is 0 Å². The molecule has 0 saturated carbocycles. The SMILES string of the molecule is O=C(c1ccc(=O)[nH]c1)N1[C@@H]2CC[C@H]1CC(c1ccc(F)cc1)C2. The minimum atomic E-state index is -0.215. The Hall–Kier alpha value is -2.43. The second-order valence-electron chi connectivity index (χ2n) is 6.76. The Balaban J connectivity index is 1.54. The summed E-state index contributed by atoms with van der Waals surface area (Å²) >= 11 is 0. The highest BCUT2D eigenvalue weighted by atomic mass is 19.1. The number of halogens is 1. The molecule has 124 valence electrons. The van der Waals surface area contributed by atoms with Crippen LogP contribution in [0, 0.1) is 5.82 Å². The molecule has 1 amide bonds. The highest BCUT2D eigenvalue weighted by molar-refractivity contribution is 5.94. The molecule has 0 radical (unpaired) electrons. The zero-order valence-corrected chi connectivity index (χ0v) is 13.2. The number of nitrogens with one attached hydrogen (secondary N) is 1. The Morgan fingerprint density at radius 1 is 1.04 bits per heavy atom. The Bertz CT molecular complexity index is 780. The number of pyridine rings is 1. The lowest BCUT2D eigenvalue weighted by Gasteiger charge is -2.39. The van der Waals surface area contributed by atoms with E-state index in [0.717, 1.165) is 31.2 Å². The van der Waals surface area contributed by atoms with Crippen LogP contribution >= 0.6 is 0 Å². The van der Waals surface area contributed by atoms with E-state index >= 15 is 0 Å². The number of hydrogen-bond acceptors (Lipinski definition) is 2. The standard InChI is InChI=1S/C19H19FN2O2/c20-15-4-1-12(2-5-15)14-9-16-6-7-17(10-14)22(16)19(24)13-3-8-18(23)21-11-13/h1-5,8,11,14,16-17H,6-7,9-10H2,(H,21,23)/t14?,16-,17+. The van der Waals surface area contributed by atoms with Crippen molar-refractivity contribution in [1.29, 1.82) is 0 Å². The van der Waals surface area contributed by atoms with Crippen molar-refractivity contribution in [3.05, 3.63) is 69.9 Å². The fraction of sp³-hybridized carbons (Fsp3) is 0.368. The number of hydrogen-bond donors (Lipinski definition) is 1. The molecule has 2 aromatic rings. The van der Waals surface area contributed by atoms with Crippen LogP contribution in [-0.4, -0.2) is 27.9 Å². The minimum Gasteiger partial charge on any atom is -0.333 e. The van der Waals surface area contributed by atoms with Gasteiger partial charge in [0.1, 0.15) is 5.82 Å². The van der Waals surface area contributed by atoms with E-state index in [1.807, 2.05) is 17.0 Å². The quantitative estimate of drug-likeness (QED) is 0.922. The number of rotatable bonds is 2. The number of H-pyrrole nitrogens is 1. The van der Waals surface area contributed by atoms with Crippen molar-refractivity contribution in [3.63, 3.8) is 0 Å². The van der Waals surface area contributed by atoms with Gasteiger partial charge in [-0.05, 0) is 55.4 Å². The van der Waals surface area contributed by atoms with Crippen molar-refractivity contribution < 1.29 is 9.18 Å². The lowest BCUT2D eigenvalue weighted by Crippen LogP contribution is -2.46. The maximum absolute atomic E-state index is 13.1. The first-order chi connectivity index (χ1) is 11.6. The molecule has 24 heavy (non-hydrogen) atoms. The van der Waals surface area contributed by atoms with Gasteiger partial charge in [0.05, 0.1) is 5.56 Å². The molecule has 2 fully saturated rings. The van der Waals surface area contributed by atoms with E-state index in [2.05, 4.69) is 4.98 Å².